The maximum atomic E-state index is 10.9. The van der Waals surface area contributed by atoms with Gasteiger partial charge in [-0.3, -0.25) is 9.69 Å². The zero-order valence-electron chi connectivity index (χ0n) is 8.04. The molecule has 0 spiro atoms. The normalized spacial score (nSPS) is 23.8. The Balaban J connectivity index is 2.30. The second-order valence-corrected chi connectivity index (χ2v) is 3.55. The van der Waals surface area contributed by atoms with Crippen molar-refractivity contribution in [1.82, 2.24) is 4.90 Å². The molecule has 0 N–H and O–H groups in total. The van der Waals surface area contributed by atoms with Gasteiger partial charge in [0.15, 0.2) is 0 Å². The van der Waals surface area contributed by atoms with Crippen LogP contribution in [0.15, 0.2) is 0 Å². The molecule has 0 saturated carbocycles. The molecule has 0 aliphatic carbocycles. The first-order valence-electron chi connectivity index (χ1n) is 4.47. The van der Waals surface area contributed by atoms with Crippen LogP contribution in [0.4, 0.5) is 0 Å². The minimum absolute atomic E-state index is 0.0923. The van der Waals surface area contributed by atoms with Crippen molar-refractivity contribution in [2.24, 2.45) is 0 Å². The van der Waals surface area contributed by atoms with Gasteiger partial charge in [-0.1, -0.05) is 0 Å². The first-order valence-corrected chi connectivity index (χ1v) is 4.47. The summed E-state index contributed by atoms with van der Waals surface area (Å²) in [6.07, 6.45) is 1.68. The number of rotatable bonds is 3. The van der Waals surface area contributed by atoms with E-state index in [-0.39, 0.29) is 5.97 Å². The fraction of sp³-hybridized carbons (Fsp3) is 0.889. The van der Waals surface area contributed by atoms with E-state index in [2.05, 4.69) is 23.5 Å². The number of carbonyl (C=O) groups is 1. The lowest BCUT2D eigenvalue weighted by Crippen LogP contribution is -2.52. The molecule has 1 saturated heterocycles. The van der Waals surface area contributed by atoms with Gasteiger partial charge in [0, 0.05) is 18.6 Å². The molecule has 3 heteroatoms. The summed E-state index contributed by atoms with van der Waals surface area (Å²) < 4.78 is 4.62. The number of ether oxygens (including phenoxy) is 1. The molecule has 0 radical (unpaired) electrons. The van der Waals surface area contributed by atoms with Crippen molar-refractivity contribution in [3.05, 3.63) is 0 Å². The number of carbonyl (C=O) groups excluding carboxylic acids is 1. The van der Waals surface area contributed by atoms with E-state index in [0.29, 0.717) is 18.5 Å². The van der Waals surface area contributed by atoms with Crippen molar-refractivity contribution in [3.8, 4) is 0 Å². The van der Waals surface area contributed by atoms with Gasteiger partial charge in [0.1, 0.15) is 0 Å². The van der Waals surface area contributed by atoms with Gasteiger partial charge in [0.05, 0.1) is 13.5 Å². The van der Waals surface area contributed by atoms with Crippen molar-refractivity contribution >= 4 is 5.97 Å². The van der Waals surface area contributed by atoms with E-state index >= 15 is 0 Å². The molecule has 1 heterocycles. The van der Waals surface area contributed by atoms with Crippen LogP contribution in [0.25, 0.3) is 0 Å². The molecule has 0 aromatic heterocycles. The summed E-state index contributed by atoms with van der Waals surface area (Å²) in [7, 11) is 1.45. The average molecular weight is 171 g/mol. The highest BCUT2D eigenvalue weighted by Crippen LogP contribution is 2.23. The van der Waals surface area contributed by atoms with E-state index in [1.165, 1.54) is 7.11 Å². The maximum absolute atomic E-state index is 10.9. The summed E-state index contributed by atoms with van der Waals surface area (Å²) in [6, 6.07) is 0.978. The Bertz CT molecular complexity index is 168. The topological polar surface area (TPSA) is 29.5 Å². The van der Waals surface area contributed by atoms with E-state index in [4.69, 9.17) is 0 Å². The van der Waals surface area contributed by atoms with Gasteiger partial charge in [-0.05, 0) is 20.3 Å². The summed E-state index contributed by atoms with van der Waals surface area (Å²) in [5, 5.41) is 0. The second kappa shape index (κ2) is 3.90. The monoisotopic (exact) mass is 171 g/mol. The minimum atomic E-state index is -0.0923. The zero-order chi connectivity index (χ0) is 9.14. The third-order valence-electron chi connectivity index (χ3n) is 2.48. The van der Waals surface area contributed by atoms with Crippen LogP contribution >= 0.6 is 0 Å². The zero-order valence-corrected chi connectivity index (χ0v) is 8.04. The molecule has 0 aromatic rings. The Hall–Kier alpha value is -0.570. The number of nitrogens with zero attached hydrogens (tertiary/aromatic N) is 1. The van der Waals surface area contributed by atoms with Crippen LogP contribution < -0.4 is 0 Å². The largest absolute Gasteiger partial charge is 0.469 e. The number of hydrogen-bond donors (Lipinski definition) is 0. The maximum Gasteiger partial charge on any atom is 0.307 e. The molecule has 1 atom stereocenters. The molecular weight excluding hydrogens is 154 g/mol. The van der Waals surface area contributed by atoms with Gasteiger partial charge in [0.2, 0.25) is 0 Å². The number of methoxy groups -OCH3 is 1. The predicted molar refractivity (Wildman–Crippen MR) is 46.9 cm³/mol. The van der Waals surface area contributed by atoms with E-state index in [1.807, 2.05) is 0 Å². The summed E-state index contributed by atoms with van der Waals surface area (Å²) >= 11 is 0. The summed E-state index contributed by atoms with van der Waals surface area (Å²) in [5.74, 6) is -0.0923. The van der Waals surface area contributed by atoms with Crippen LogP contribution in [0.2, 0.25) is 0 Å². The lowest BCUT2D eigenvalue weighted by atomic mass is 9.98. The highest BCUT2D eigenvalue weighted by molar-refractivity contribution is 5.70. The molecule has 1 fully saturated rings. The van der Waals surface area contributed by atoms with E-state index in [9.17, 15) is 4.79 Å². The lowest BCUT2D eigenvalue weighted by molar-refractivity contribution is -0.143. The first kappa shape index (κ1) is 9.52. The van der Waals surface area contributed by atoms with Crippen molar-refractivity contribution in [1.29, 1.82) is 0 Å². The highest BCUT2D eigenvalue weighted by Gasteiger charge is 2.31. The van der Waals surface area contributed by atoms with Gasteiger partial charge >= 0.3 is 5.97 Å². The number of likely N-dealkylation sites (tertiary alicyclic amines) is 1. The number of hydrogen-bond acceptors (Lipinski definition) is 3. The summed E-state index contributed by atoms with van der Waals surface area (Å²) in [5.41, 5.74) is 0. The first-order chi connectivity index (χ1) is 5.65. The smallest absolute Gasteiger partial charge is 0.307 e. The molecule has 70 valence electrons. The minimum Gasteiger partial charge on any atom is -0.469 e. The molecule has 0 bridgehead atoms. The van der Waals surface area contributed by atoms with Gasteiger partial charge in [-0.2, -0.15) is 0 Å². The van der Waals surface area contributed by atoms with Crippen LogP contribution in [0.5, 0.6) is 0 Å². The van der Waals surface area contributed by atoms with E-state index < -0.39 is 0 Å². The summed E-state index contributed by atoms with van der Waals surface area (Å²) in [6.45, 7) is 5.44. The Morgan fingerprint density at radius 2 is 2.33 bits per heavy atom. The van der Waals surface area contributed by atoms with Crippen molar-refractivity contribution in [3.63, 3.8) is 0 Å². The van der Waals surface area contributed by atoms with Crippen LogP contribution in [0.1, 0.15) is 26.7 Å². The molecule has 0 amide bonds. The fourth-order valence-corrected chi connectivity index (χ4v) is 1.64. The standard InChI is InChI=1S/C9H17NO2/c1-7(2)10-5-4-8(10)6-9(11)12-3/h7-8H,4-6H2,1-3H3/t8-/m0/s1. The van der Waals surface area contributed by atoms with Crippen LogP contribution in [0.3, 0.4) is 0 Å². The van der Waals surface area contributed by atoms with Crippen molar-refractivity contribution in [2.45, 2.75) is 38.8 Å². The molecule has 1 rings (SSSR count). The van der Waals surface area contributed by atoms with E-state index in [1.54, 1.807) is 0 Å². The summed E-state index contributed by atoms with van der Waals surface area (Å²) in [4.78, 5) is 13.3. The molecule has 0 unspecified atom stereocenters. The molecule has 0 aromatic carbocycles. The Morgan fingerprint density at radius 3 is 2.67 bits per heavy atom. The predicted octanol–water partition coefficient (Wildman–Crippen LogP) is 1.03. The van der Waals surface area contributed by atoms with Gasteiger partial charge in [-0.15, -0.1) is 0 Å². The van der Waals surface area contributed by atoms with Crippen LogP contribution in [-0.4, -0.2) is 36.6 Å². The Morgan fingerprint density at radius 1 is 1.67 bits per heavy atom. The van der Waals surface area contributed by atoms with E-state index in [0.717, 1.165) is 13.0 Å². The second-order valence-electron chi connectivity index (χ2n) is 3.55. The van der Waals surface area contributed by atoms with Crippen molar-refractivity contribution in [2.75, 3.05) is 13.7 Å². The lowest BCUT2D eigenvalue weighted by Gasteiger charge is -2.43. The highest BCUT2D eigenvalue weighted by atomic mass is 16.5. The van der Waals surface area contributed by atoms with Gasteiger partial charge in [-0.25, -0.2) is 0 Å². The quantitative estimate of drug-likeness (QED) is 0.594. The van der Waals surface area contributed by atoms with Gasteiger partial charge in [0.25, 0.3) is 0 Å². The van der Waals surface area contributed by atoms with Crippen molar-refractivity contribution < 1.29 is 9.53 Å². The third-order valence-corrected chi connectivity index (χ3v) is 2.48. The number of esters is 1. The molecular formula is C9H17NO2. The third kappa shape index (κ3) is 1.97. The molecule has 3 nitrogen and oxygen atoms in total. The Labute approximate surface area is 73.7 Å². The van der Waals surface area contributed by atoms with Crippen LogP contribution in [0, 0.1) is 0 Å². The SMILES string of the molecule is COC(=O)C[C@@H]1CCN1C(C)C. The van der Waals surface area contributed by atoms with Crippen LogP contribution in [-0.2, 0) is 9.53 Å². The van der Waals surface area contributed by atoms with Gasteiger partial charge < -0.3 is 4.74 Å². The molecule has 1 aliphatic heterocycles. The molecule has 1 aliphatic rings. The Kier molecular flexibility index (Phi) is 3.09. The average Bonchev–Trinajstić information content (AvgIpc) is 1.96. The fourth-order valence-electron chi connectivity index (χ4n) is 1.64. The molecule has 12 heavy (non-hydrogen) atoms.